The molecule has 1 heterocycles. The summed E-state index contributed by atoms with van der Waals surface area (Å²) in [5.41, 5.74) is 0.980. The van der Waals surface area contributed by atoms with Gasteiger partial charge < -0.3 is 5.32 Å². The predicted octanol–water partition coefficient (Wildman–Crippen LogP) is 1.20. The summed E-state index contributed by atoms with van der Waals surface area (Å²) in [6.45, 7) is 0. The highest BCUT2D eigenvalue weighted by atomic mass is 32.2. The highest BCUT2D eigenvalue weighted by Gasteiger charge is 2.20. The second-order valence-electron chi connectivity index (χ2n) is 4.29. The Morgan fingerprint density at radius 3 is 2.78 bits per heavy atom. The highest BCUT2D eigenvalue weighted by molar-refractivity contribution is 7.85. The Balaban J connectivity index is 1.99. The normalized spacial score (nSPS) is 23.1. The van der Waals surface area contributed by atoms with Gasteiger partial charge >= 0.3 is 0 Å². The lowest BCUT2D eigenvalue weighted by Crippen LogP contribution is -2.39. The van der Waals surface area contributed by atoms with E-state index in [0.29, 0.717) is 22.6 Å². The van der Waals surface area contributed by atoms with Crippen molar-refractivity contribution in [3.05, 3.63) is 35.4 Å². The smallest absolute Gasteiger partial charge is 0.251 e. The molecule has 94 valence electrons. The summed E-state index contributed by atoms with van der Waals surface area (Å²) < 4.78 is 11.2. The van der Waals surface area contributed by atoms with E-state index in [-0.39, 0.29) is 11.9 Å². The van der Waals surface area contributed by atoms with Crippen molar-refractivity contribution in [1.29, 1.82) is 5.26 Å². The molecule has 4 nitrogen and oxygen atoms in total. The lowest BCUT2D eigenvalue weighted by Gasteiger charge is -2.22. The molecule has 5 heteroatoms. The molecular formula is C13H14N2O2S. The molecular weight excluding hydrogens is 248 g/mol. The molecule has 18 heavy (non-hydrogen) atoms. The number of nitrogens with one attached hydrogen (secondary N) is 1. The predicted molar refractivity (Wildman–Crippen MR) is 69.5 cm³/mol. The second kappa shape index (κ2) is 5.78. The first kappa shape index (κ1) is 12.8. The van der Waals surface area contributed by atoms with E-state index in [1.165, 1.54) is 0 Å². The molecule has 0 aliphatic carbocycles. The molecule has 1 fully saturated rings. The fraction of sp³-hybridized carbons (Fsp3) is 0.385. The van der Waals surface area contributed by atoms with Gasteiger partial charge in [-0.2, -0.15) is 5.26 Å². The van der Waals surface area contributed by atoms with E-state index in [9.17, 15) is 9.00 Å². The topological polar surface area (TPSA) is 70.0 Å². The summed E-state index contributed by atoms with van der Waals surface area (Å²) in [5.74, 6) is 1.15. The van der Waals surface area contributed by atoms with E-state index in [4.69, 9.17) is 5.26 Å². The minimum Gasteiger partial charge on any atom is -0.349 e. The van der Waals surface area contributed by atoms with Crippen molar-refractivity contribution in [3.63, 3.8) is 0 Å². The highest BCUT2D eigenvalue weighted by Crippen LogP contribution is 2.11. The Morgan fingerprint density at radius 1 is 1.39 bits per heavy atom. The molecule has 0 unspecified atom stereocenters. The number of benzene rings is 1. The number of carbonyl (C=O) groups is 1. The van der Waals surface area contributed by atoms with Crippen molar-refractivity contribution in [2.24, 2.45) is 0 Å². The Labute approximate surface area is 108 Å². The van der Waals surface area contributed by atoms with Gasteiger partial charge in [0.25, 0.3) is 5.91 Å². The van der Waals surface area contributed by atoms with Crippen LogP contribution in [0.15, 0.2) is 24.3 Å². The molecule has 0 atom stereocenters. The maximum atomic E-state index is 12.0. The van der Waals surface area contributed by atoms with Crippen LogP contribution in [-0.2, 0) is 10.8 Å². The maximum absolute atomic E-state index is 12.0. The minimum atomic E-state index is -0.720. The molecule has 1 aromatic carbocycles. The van der Waals surface area contributed by atoms with Crippen LogP contribution in [0.1, 0.15) is 28.8 Å². The summed E-state index contributed by atoms with van der Waals surface area (Å²) >= 11 is 0. The van der Waals surface area contributed by atoms with Gasteiger partial charge in [0, 0.05) is 33.9 Å². The van der Waals surface area contributed by atoms with E-state index in [1.54, 1.807) is 24.3 Å². The standard InChI is InChI=1S/C13H14N2O2S/c14-9-10-2-1-3-11(8-10)13(16)15-12-4-6-18(17)7-5-12/h1-3,8,12H,4-7H2,(H,15,16). The maximum Gasteiger partial charge on any atom is 0.251 e. The first-order valence-corrected chi connectivity index (χ1v) is 7.34. The molecule has 2 rings (SSSR count). The Morgan fingerprint density at radius 2 is 2.11 bits per heavy atom. The van der Waals surface area contributed by atoms with E-state index in [2.05, 4.69) is 5.32 Å². The van der Waals surface area contributed by atoms with Crippen molar-refractivity contribution in [3.8, 4) is 6.07 Å². The zero-order chi connectivity index (χ0) is 13.0. The van der Waals surface area contributed by atoms with E-state index in [0.717, 1.165) is 12.8 Å². The number of nitrogens with zero attached hydrogens (tertiary/aromatic N) is 1. The fourth-order valence-corrected chi connectivity index (χ4v) is 3.24. The van der Waals surface area contributed by atoms with E-state index < -0.39 is 10.8 Å². The van der Waals surface area contributed by atoms with E-state index in [1.807, 2.05) is 6.07 Å². The van der Waals surface area contributed by atoms with E-state index >= 15 is 0 Å². The van der Waals surface area contributed by atoms with Gasteiger partial charge in [-0.15, -0.1) is 0 Å². The quantitative estimate of drug-likeness (QED) is 0.870. The number of hydrogen-bond acceptors (Lipinski definition) is 3. The molecule has 1 amide bonds. The van der Waals surface area contributed by atoms with Crippen molar-refractivity contribution in [2.45, 2.75) is 18.9 Å². The Hall–Kier alpha value is -1.67. The van der Waals surface area contributed by atoms with Gasteiger partial charge in [-0.1, -0.05) is 6.07 Å². The average molecular weight is 262 g/mol. The third kappa shape index (κ3) is 3.17. The SMILES string of the molecule is N#Cc1cccc(C(=O)NC2CCS(=O)CC2)c1. The number of hydrogen-bond donors (Lipinski definition) is 1. The number of nitriles is 1. The molecule has 0 bridgehead atoms. The molecule has 1 saturated heterocycles. The molecule has 0 radical (unpaired) electrons. The lowest BCUT2D eigenvalue weighted by molar-refractivity contribution is 0.0934. The van der Waals surface area contributed by atoms with Crippen LogP contribution in [0.2, 0.25) is 0 Å². The van der Waals surface area contributed by atoms with Crippen LogP contribution in [0.3, 0.4) is 0 Å². The van der Waals surface area contributed by atoms with Crippen LogP contribution in [-0.4, -0.2) is 27.7 Å². The van der Waals surface area contributed by atoms with Crippen LogP contribution in [0, 0.1) is 11.3 Å². The fourth-order valence-electron chi connectivity index (χ4n) is 1.94. The van der Waals surface area contributed by atoms with Crippen molar-refractivity contribution in [2.75, 3.05) is 11.5 Å². The van der Waals surface area contributed by atoms with Crippen LogP contribution < -0.4 is 5.32 Å². The third-order valence-electron chi connectivity index (χ3n) is 2.98. The molecule has 0 aromatic heterocycles. The second-order valence-corrected chi connectivity index (χ2v) is 5.98. The number of amides is 1. The average Bonchev–Trinajstić information content (AvgIpc) is 2.41. The zero-order valence-electron chi connectivity index (χ0n) is 9.89. The molecule has 1 N–H and O–H groups in total. The lowest BCUT2D eigenvalue weighted by atomic mass is 10.1. The van der Waals surface area contributed by atoms with Gasteiger partial charge in [0.05, 0.1) is 11.6 Å². The van der Waals surface area contributed by atoms with Crippen molar-refractivity contribution >= 4 is 16.7 Å². The minimum absolute atomic E-state index is 0.0981. The molecule has 1 aliphatic rings. The van der Waals surface area contributed by atoms with Gasteiger partial charge in [0.1, 0.15) is 0 Å². The summed E-state index contributed by atoms with van der Waals surface area (Å²) in [6.07, 6.45) is 1.52. The van der Waals surface area contributed by atoms with Gasteiger partial charge in [-0.25, -0.2) is 0 Å². The van der Waals surface area contributed by atoms with Gasteiger partial charge in [0.2, 0.25) is 0 Å². The largest absolute Gasteiger partial charge is 0.349 e. The summed E-state index contributed by atoms with van der Waals surface area (Å²) in [7, 11) is -0.720. The summed E-state index contributed by atoms with van der Waals surface area (Å²) in [5, 5.41) is 11.7. The van der Waals surface area contributed by atoms with Crippen LogP contribution in [0.4, 0.5) is 0 Å². The summed E-state index contributed by atoms with van der Waals surface area (Å²) in [4.78, 5) is 12.0. The zero-order valence-corrected chi connectivity index (χ0v) is 10.7. The molecule has 1 aliphatic heterocycles. The van der Waals surface area contributed by atoms with Gasteiger partial charge in [-0.05, 0) is 31.0 Å². The summed E-state index contributed by atoms with van der Waals surface area (Å²) in [6, 6.07) is 8.75. The van der Waals surface area contributed by atoms with Crippen LogP contribution >= 0.6 is 0 Å². The Kier molecular flexibility index (Phi) is 4.11. The number of carbonyl (C=O) groups excluding carboxylic acids is 1. The third-order valence-corrected chi connectivity index (χ3v) is 4.36. The molecule has 0 saturated carbocycles. The Bertz CT molecular complexity index is 512. The molecule has 0 spiro atoms. The van der Waals surface area contributed by atoms with Crippen LogP contribution in [0.25, 0.3) is 0 Å². The first-order chi connectivity index (χ1) is 8.69. The van der Waals surface area contributed by atoms with Gasteiger partial charge in [-0.3, -0.25) is 9.00 Å². The van der Waals surface area contributed by atoms with Crippen molar-refractivity contribution in [1.82, 2.24) is 5.32 Å². The number of rotatable bonds is 2. The molecule has 1 aromatic rings. The van der Waals surface area contributed by atoms with Crippen molar-refractivity contribution < 1.29 is 9.00 Å². The monoisotopic (exact) mass is 262 g/mol. The van der Waals surface area contributed by atoms with Crippen LogP contribution in [0.5, 0.6) is 0 Å². The van der Waals surface area contributed by atoms with Gasteiger partial charge in [0.15, 0.2) is 0 Å². The first-order valence-electron chi connectivity index (χ1n) is 5.85.